The molecule has 100 valence electrons. The maximum absolute atomic E-state index is 12.5. The number of halogens is 4. The summed E-state index contributed by atoms with van der Waals surface area (Å²) in [5.41, 5.74) is -1.79. The van der Waals surface area contributed by atoms with Crippen LogP contribution in [0, 0.1) is 0 Å². The number of nitrogens with zero attached hydrogens (tertiary/aromatic N) is 2. The van der Waals surface area contributed by atoms with Crippen molar-refractivity contribution in [3.8, 4) is 0 Å². The molecule has 0 saturated heterocycles. The third-order valence-corrected chi connectivity index (χ3v) is 2.01. The molecule has 0 spiro atoms. The number of carboxylic acid groups (broad SMARTS) is 1. The largest absolute Gasteiger partial charge is 0.476 e. The second kappa shape index (κ2) is 5.23. The van der Waals surface area contributed by atoms with Crippen LogP contribution in [-0.2, 0) is 6.18 Å². The van der Waals surface area contributed by atoms with Crippen LogP contribution in [0.25, 0.3) is 5.65 Å². The van der Waals surface area contributed by atoms with Crippen molar-refractivity contribution in [1.82, 2.24) is 9.38 Å². The van der Waals surface area contributed by atoms with Gasteiger partial charge in [-0.05, 0) is 12.1 Å². The normalized spacial score (nSPS) is 10.6. The summed E-state index contributed by atoms with van der Waals surface area (Å²) in [5, 5.41) is 8.62. The van der Waals surface area contributed by atoms with Gasteiger partial charge in [-0.2, -0.15) is 13.2 Å². The summed E-state index contributed by atoms with van der Waals surface area (Å²) < 4.78 is 38.6. The summed E-state index contributed by atoms with van der Waals surface area (Å²) in [5.74, 6) is -1.36. The molecule has 3 N–H and O–H groups in total. The molecule has 5 nitrogen and oxygen atoms in total. The fourth-order valence-electron chi connectivity index (χ4n) is 1.34. The number of aromatic carboxylic acids is 1. The van der Waals surface area contributed by atoms with E-state index in [2.05, 4.69) is 4.98 Å². The van der Waals surface area contributed by atoms with Crippen molar-refractivity contribution >= 4 is 24.0 Å². The van der Waals surface area contributed by atoms with Gasteiger partial charge in [-0.3, -0.25) is 0 Å². The lowest BCUT2D eigenvalue weighted by molar-refractivity contribution is -0.136. The topological polar surface area (TPSA) is 86.1 Å². The minimum Gasteiger partial charge on any atom is -0.476 e. The van der Waals surface area contributed by atoms with Crippen LogP contribution in [0.4, 0.5) is 13.2 Å². The molecule has 0 aliphatic heterocycles. The quantitative estimate of drug-likeness (QED) is 0.864. The first-order valence-corrected chi connectivity index (χ1v) is 4.18. The van der Waals surface area contributed by atoms with Gasteiger partial charge in [0.15, 0.2) is 5.69 Å². The molecule has 0 saturated carbocycles. The molecule has 0 bridgehead atoms. The number of carbonyl (C=O) groups is 1. The number of hydrogen-bond donors (Lipinski definition) is 1. The summed E-state index contributed by atoms with van der Waals surface area (Å²) in [7, 11) is 0. The van der Waals surface area contributed by atoms with Crippen LogP contribution in [0.1, 0.15) is 16.1 Å². The maximum Gasteiger partial charge on any atom is 0.419 e. The number of imidazole rings is 1. The highest BCUT2D eigenvalue weighted by atomic mass is 35.5. The number of rotatable bonds is 1. The molecule has 2 aromatic rings. The lowest BCUT2D eigenvalue weighted by Crippen LogP contribution is -2.07. The fourth-order valence-corrected chi connectivity index (χ4v) is 1.34. The van der Waals surface area contributed by atoms with Crippen molar-refractivity contribution in [2.24, 2.45) is 0 Å². The van der Waals surface area contributed by atoms with Crippen LogP contribution in [0.3, 0.4) is 0 Å². The summed E-state index contributed by atoms with van der Waals surface area (Å²) >= 11 is 0. The predicted octanol–water partition coefficient (Wildman–Crippen LogP) is 1.65. The Morgan fingerprint density at radius 2 is 2.00 bits per heavy atom. The Morgan fingerprint density at radius 3 is 2.50 bits per heavy atom. The van der Waals surface area contributed by atoms with Crippen LogP contribution >= 0.6 is 12.4 Å². The summed E-state index contributed by atoms with van der Waals surface area (Å²) in [6.07, 6.45) is -2.21. The van der Waals surface area contributed by atoms with E-state index in [1.165, 1.54) is 12.3 Å². The first kappa shape index (κ1) is 16.2. The molecule has 0 fully saturated rings. The molecular weight excluding hydrogens is 277 g/mol. The van der Waals surface area contributed by atoms with Crippen LogP contribution in [-0.4, -0.2) is 25.9 Å². The van der Waals surface area contributed by atoms with Gasteiger partial charge < -0.3 is 15.0 Å². The Labute approximate surface area is 105 Å². The van der Waals surface area contributed by atoms with Gasteiger partial charge in [0.1, 0.15) is 5.65 Å². The summed E-state index contributed by atoms with van der Waals surface area (Å²) in [6, 6.07) is 2.04. The molecule has 0 aromatic carbocycles. The molecule has 0 aliphatic rings. The zero-order valence-corrected chi connectivity index (χ0v) is 9.42. The van der Waals surface area contributed by atoms with E-state index < -0.39 is 29.1 Å². The third kappa shape index (κ3) is 2.71. The number of aromatic nitrogens is 2. The van der Waals surface area contributed by atoms with Crippen molar-refractivity contribution in [2.45, 2.75) is 6.18 Å². The van der Waals surface area contributed by atoms with Gasteiger partial charge in [0.05, 0.1) is 5.56 Å². The van der Waals surface area contributed by atoms with Crippen LogP contribution < -0.4 is 0 Å². The van der Waals surface area contributed by atoms with Gasteiger partial charge in [0.25, 0.3) is 0 Å². The minimum absolute atomic E-state index is 0. The Bertz CT molecular complexity index is 568. The van der Waals surface area contributed by atoms with Gasteiger partial charge in [0.2, 0.25) is 0 Å². The van der Waals surface area contributed by atoms with Gasteiger partial charge in [-0.1, -0.05) is 0 Å². The number of hydrogen-bond acceptors (Lipinski definition) is 2. The van der Waals surface area contributed by atoms with Gasteiger partial charge in [-0.15, -0.1) is 12.4 Å². The zero-order chi connectivity index (χ0) is 11.9. The van der Waals surface area contributed by atoms with Crippen LogP contribution in [0.15, 0.2) is 24.5 Å². The molecule has 2 aromatic heterocycles. The van der Waals surface area contributed by atoms with Crippen molar-refractivity contribution in [1.29, 1.82) is 0 Å². The average Bonchev–Trinajstić information content (AvgIpc) is 2.58. The molecule has 0 aliphatic carbocycles. The standard InChI is InChI=1S/C9H5F3N2O2.ClH.H2O/c10-9(11,12)5-2-1-3-14-4-6(8(15)16)13-7(5)14;;/h1-4H,(H,15,16);1H;1H2. The van der Waals surface area contributed by atoms with Gasteiger partial charge >= 0.3 is 12.1 Å². The Balaban J connectivity index is 0.00000144. The number of fused-ring (bicyclic) bond motifs is 1. The highest BCUT2D eigenvalue weighted by Crippen LogP contribution is 2.31. The van der Waals surface area contributed by atoms with Crippen molar-refractivity contribution in [3.63, 3.8) is 0 Å². The van der Waals surface area contributed by atoms with E-state index in [1.54, 1.807) is 0 Å². The third-order valence-electron chi connectivity index (χ3n) is 2.01. The van der Waals surface area contributed by atoms with Crippen molar-refractivity contribution < 1.29 is 28.5 Å². The first-order valence-electron chi connectivity index (χ1n) is 4.18. The molecule has 18 heavy (non-hydrogen) atoms. The zero-order valence-electron chi connectivity index (χ0n) is 8.60. The molecule has 0 atom stereocenters. The Hall–Kier alpha value is -1.80. The second-order valence-electron chi connectivity index (χ2n) is 3.08. The van der Waals surface area contributed by atoms with Crippen LogP contribution in [0.5, 0.6) is 0 Å². The van der Waals surface area contributed by atoms with E-state index >= 15 is 0 Å². The molecule has 0 unspecified atom stereocenters. The van der Waals surface area contributed by atoms with Crippen molar-refractivity contribution in [3.05, 3.63) is 35.8 Å². The number of carboxylic acids is 1. The SMILES string of the molecule is Cl.O.O=C(O)c1cn2cccc(C(F)(F)F)c2n1. The molecule has 0 amide bonds. The summed E-state index contributed by atoms with van der Waals surface area (Å²) in [6.45, 7) is 0. The summed E-state index contributed by atoms with van der Waals surface area (Å²) in [4.78, 5) is 14.0. The second-order valence-corrected chi connectivity index (χ2v) is 3.08. The van der Waals surface area contributed by atoms with E-state index in [0.717, 1.165) is 16.7 Å². The Kier molecular flexibility index (Phi) is 4.71. The van der Waals surface area contributed by atoms with Gasteiger partial charge in [0, 0.05) is 12.4 Å². The van der Waals surface area contributed by atoms with Crippen molar-refractivity contribution in [2.75, 3.05) is 0 Å². The number of pyridine rings is 1. The van der Waals surface area contributed by atoms with E-state index in [1.807, 2.05) is 0 Å². The number of alkyl halides is 3. The molecule has 9 heteroatoms. The van der Waals surface area contributed by atoms with E-state index in [9.17, 15) is 18.0 Å². The predicted molar refractivity (Wildman–Crippen MR) is 58.0 cm³/mol. The van der Waals surface area contributed by atoms with Gasteiger partial charge in [-0.25, -0.2) is 9.78 Å². The van der Waals surface area contributed by atoms with E-state index in [-0.39, 0.29) is 17.9 Å². The minimum atomic E-state index is -4.55. The first-order chi connectivity index (χ1) is 7.39. The fraction of sp³-hybridized carbons (Fsp3) is 0.111. The maximum atomic E-state index is 12.5. The lowest BCUT2D eigenvalue weighted by Gasteiger charge is -2.06. The molecule has 2 heterocycles. The highest BCUT2D eigenvalue weighted by Gasteiger charge is 2.34. The van der Waals surface area contributed by atoms with E-state index in [0.29, 0.717) is 0 Å². The van der Waals surface area contributed by atoms with Crippen LogP contribution in [0.2, 0.25) is 0 Å². The Morgan fingerprint density at radius 1 is 1.39 bits per heavy atom. The average molecular weight is 285 g/mol. The molecular formula is C9H8ClF3N2O3. The lowest BCUT2D eigenvalue weighted by atomic mass is 10.2. The highest BCUT2D eigenvalue weighted by molar-refractivity contribution is 5.86. The smallest absolute Gasteiger partial charge is 0.419 e. The molecule has 0 radical (unpaired) electrons. The molecule has 2 rings (SSSR count). The monoisotopic (exact) mass is 284 g/mol. The van der Waals surface area contributed by atoms with E-state index in [4.69, 9.17) is 5.11 Å².